The van der Waals surface area contributed by atoms with Crippen LogP contribution in [-0.4, -0.2) is 50.2 Å². The topological polar surface area (TPSA) is 95.6 Å². The third kappa shape index (κ3) is 6.82. The van der Waals surface area contributed by atoms with E-state index in [0.717, 1.165) is 30.5 Å². The van der Waals surface area contributed by atoms with Gasteiger partial charge in [-0.25, -0.2) is 17.2 Å². The van der Waals surface area contributed by atoms with Crippen molar-refractivity contribution in [1.82, 2.24) is 14.9 Å². The number of hydrogen-bond donors (Lipinski definition) is 2. The highest BCUT2D eigenvalue weighted by molar-refractivity contribution is 7.89. The molecule has 0 aliphatic carbocycles. The van der Waals surface area contributed by atoms with Crippen LogP contribution < -0.4 is 10.6 Å². The van der Waals surface area contributed by atoms with Crippen LogP contribution in [0.2, 0.25) is 0 Å². The number of benzene rings is 2. The summed E-state index contributed by atoms with van der Waals surface area (Å²) >= 11 is 0. The molecule has 2 aromatic rings. The zero-order valence-electron chi connectivity index (χ0n) is 18.1. The first-order valence-electron chi connectivity index (χ1n) is 10.9. The number of halogens is 2. The Balaban J connectivity index is 1.47. The van der Waals surface area contributed by atoms with E-state index in [2.05, 4.69) is 10.6 Å². The van der Waals surface area contributed by atoms with Gasteiger partial charge in [0.05, 0.1) is 4.90 Å². The molecule has 1 atom stereocenters. The summed E-state index contributed by atoms with van der Waals surface area (Å²) in [5, 5.41) is 5.04. The van der Waals surface area contributed by atoms with Gasteiger partial charge in [-0.1, -0.05) is 18.6 Å². The molecule has 0 unspecified atom stereocenters. The number of rotatable bonds is 8. The molecule has 0 radical (unpaired) electrons. The Morgan fingerprint density at radius 1 is 0.879 bits per heavy atom. The van der Waals surface area contributed by atoms with Crippen LogP contribution >= 0.6 is 0 Å². The third-order valence-electron chi connectivity index (χ3n) is 5.58. The van der Waals surface area contributed by atoms with Crippen LogP contribution in [-0.2, 0) is 26.0 Å². The van der Waals surface area contributed by atoms with Crippen molar-refractivity contribution in [2.45, 2.75) is 43.0 Å². The molecular formula is C23H27F2N3O4S. The summed E-state index contributed by atoms with van der Waals surface area (Å²) in [4.78, 5) is 24.1. The number of nitrogens with zero attached hydrogens (tertiary/aromatic N) is 1. The maximum atomic E-state index is 13.2. The van der Waals surface area contributed by atoms with E-state index >= 15 is 0 Å². The summed E-state index contributed by atoms with van der Waals surface area (Å²) in [7, 11) is -3.78. The molecule has 2 amide bonds. The van der Waals surface area contributed by atoms with Gasteiger partial charge in [-0.2, -0.15) is 4.31 Å². The van der Waals surface area contributed by atoms with E-state index in [1.165, 1.54) is 28.6 Å². The highest BCUT2D eigenvalue weighted by atomic mass is 32.2. The minimum atomic E-state index is -3.78. The summed E-state index contributed by atoms with van der Waals surface area (Å²) in [6.07, 6.45) is 3.03. The molecule has 0 saturated carbocycles. The van der Waals surface area contributed by atoms with Gasteiger partial charge < -0.3 is 10.6 Å². The Hall–Kier alpha value is -2.85. The minimum Gasteiger partial charge on any atom is -0.348 e. The molecule has 1 saturated heterocycles. The summed E-state index contributed by atoms with van der Waals surface area (Å²) in [5.74, 6) is -2.43. The second-order valence-corrected chi connectivity index (χ2v) is 9.79. The Labute approximate surface area is 192 Å². The summed E-state index contributed by atoms with van der Waals surface area (Å²) in [6.45, 7) is 0.719. The van der Waals surface area contributed by atoms with E-state index < -0.39 is 27.7 Å². The number of sulfonamides is 1. The van der Waals surface area contributed by atoms with Crippen molar-refractivity contribution in [2.24, 2.45) is 0 Å². The van der Waals surface area contributed by atoms with Crippen molar-refractivity contribution >= 4 is 21.8 Å². The fourth-order valence-corrected chi connectivity index (χ4v) is 5.53. The SMILES string of the molecule is O=C(NCCc1ccc(F)cc1)C(=O)NCC[C@@H]1CCCCN1S(=O)(=O)c1ccc(F)cc1. The Morgan fingerprint density at radius 2 is 1.45 bits per heavy atom. The molecule has 2 N–H and O–H groups in total. The number of hydrogen-bond acceptors (Lipinski definition) is 4. The molecule has 33 heavy (non-hydrogen) atoms. The normalized spacial score (nSPS) is 16.8. The maximum absolute atomic E-state index is 13.2. The van der Waals surface area contributed by atoms with Gasteiger partial charge in [0.1, 0.15) is 11.6 Å². The first-order chi connectivity index (χ1) is 15.8. The summed E-state index contributed by atoms with van der Waals surface area (Å²) < 4.78 is 53.5. The molecule has 7 nitrogen and oxygen atoms in total. The van der Waals surface area contributed by atoms with Crippen LogP contribution in [0.4, 0.5) is 8.78 Å². The van der Waals surface area contributed by atoms with Gasteiger partial charge in [0.15, 0.2) is 0 Å². The summed E-state index contributed by atoms with van der Waals surface area (Å²) in [5.41, 5.74) is 0.830. The van der Waals surface area contributed by atoms with E-state index in [1.54, 1.807) is 12.1 Å². The van der Waals surface area contributed by atoms with Crippen molar-refractivity contribution < 1.29 is 26.8 Å². The second kappa shape index (κ2) is 11.3. The minimum absolute atomic E-state index is 0.0281. The van der Waals surface area contributed by atoms with Crippen LogP contribution in [0.5, 0.6) is 0 Å². The zero-order chi connectivity index (χ0) is 23.8. The Bertz CT molecular complexity index is 1060. The number of carbonyl (C=O) groups is 2. The third-order valence-corrected chi connectivity index (χ3v) is 7.54. The predicted octanol–water partition coefficient (Wildman–Crippen LogP) is 2.37. The van der Waals surface area contributed by atoms with Crippen LogP contribution in [0.15, 0.2) is 53.4 Å². The lowest BCUT2D eigenvalue weighted by Gasteiger charge is -2.34. The molecule has 1 heterocycles. The van der Waals surface area contributed by atoms with Crippen molar-refractivity contribution in [3.63, 3.8) is 0 Å². The predicted molar refractivity (Wildman–Crippen MR) is 119 cm³/mol. The fraction of sp³-hybridized carbons (Fsp3) is 0.391. The van der Waals surface area contributed by atoms with Crippen LogP contribution in [0.1, 0.15) is 31.2 Å². The van der Waals surface area contributed by atoms with Crippen LogP contribution in [0, 0.1) is 11.6 Å². The van der Waals surface area contributed by atoms with Gasteiger partial charge in [0, 0.05) is 25.7 Å². The average Bonchev–Trinajstić information content (AvgIpc) is 2.80. The smallest absolute Gasteiger partial charge is 0.309 e. The maximum Gasteiger partial charge on any atom is 0.309 e. The van der Waals surface area contributed by atoms with E-state index in [0.29, 0.717) is 25.8 Å². The highest BCUT2D eigenvalue weighted by Gasteiger charge is 2.33. The van der Waals surface area contributed by atoms with Gasteiger partial charge in [0.2, 0.25) is 10.0 Å². The Morgan fingerprint density at radius 3 is 2.09 bits per heavy atom. The lowest BCUT2D eigenvalue weighted by atomic mass is 10.0. The van der Waals surface area contributed by atoms with Gasteiger partial charge in [-0.15, -0.1) is 0 Å². The number of amides is 2. The summed E-state index contributed by atoms with van der Waals surface area (Å²) in [6, 6.07) is 10.3. The van der Waals surface area contributed by atoms with Crippen molar-refractivity contribution in [3.05, 3.63) is 65.7 Å². The molecule has 2 aromatic carbocycles. The van der Waals surface area contributed by atoms with E-state index in [-0.39, 0.29) is 29.8 Å². The molecule has 1 aliphatic heterocycles. The average molecular weight is 480 g/mol. The van der Waals surface area contributed by atoms with Gasteiger partial charge in [-0.3, -0.25) is 9.59 Å². The van der Waals surface area contributed by atoms with Crippen molar-refractivity contribution in [1.29, 1.82) is 0 Å². The van der Waals surface area contributed by atoms with Crippen LogP contribution in [0.25, 0.3) is 0 Å². The standard InChI is InChI=1S/C23H27F2N3O4S/c24-18-6-4-17(5-7-18)12-14-26-22(29)23(30)27-15-13-20-3-1-2-16-28(20)33(31,32)21-10-8-19(25)9-11-21/h4-11,20H,1-3,12-16H2,(H,26,29)(H,27,30)/t20-/m0/s1. The molecule has 3 rings (SSSR count). The van der Waals surface area contributed by atoms with Gasteiger partial charge in [-0.05, 0) is 67.6 Å². The zero-order valence-corrected chi connectivity index (χ0v) is 18.9. The molecule has 0 spiro atoms. The molecule has 0 bridgehead atoms. The molecule has 1 aliphatic rings. The number of nitrogens with one attached hydrogen (secondary N) is 2. The lowest BCUT2D eigenvalue weighted by molar-refractivity contribution is -0.139. The number of carbonyl (C=O) groups excluding carboxylic acids is 2. The van der Waals surface area contributed by atoms with E-state index in [9.17, 15) is 26.8 Å². The monoisotopic (exact) mass is 479 g/mol. The quantitative estimate of drug-likeness (QED) is 0.569. The van der Waals surface area contributed by atoms with E-state index in [1.807, 2.05) is 0 Å². The van der Waals surface area contributed by atoms with Gasteiger partial charge >= 0.3 is 11.8 Å². The fourth-order valence-electron chi connectivity index (χ4n) is 3.81. The molecule has 0 aromatic heterocycles. The van der Waals surface area contributed by atoms with E-state index in [4.69, 9.17) is 0 Å². The van der Waals surface area contributed by atoms with Crippen LogP contribution in [0.3, 0.4) is 0 Å². The molecule has 10 heteroatoms. The largest absolute Gasteiger partial charge is 0.348 e. The highest BCUT2D eigenvalue weighted by Crippen LogP contribution is 2.27. The molecule has 1 fully saturated rings. The molecular weight excluding hydrogens is 452 g/mol. The number of piperidine rings is 1. The van der Waals surface area contributed by atoms with Crippen molar-refractivity contribution in [3.8, 4) is 0 Å². The van der Waals surface area contributed by atoms with Gasteiger partial charge in [0.25, 0.3) is 0 Å². The van der Waals surface area contributed by atoms with Crippen molar-refractivity contribution in [2.75, 3.05) is 19.6 Å². The molecule has 178 valence electrons. The lowest BCUT2D eigenvalue weighted by Crippen LogP contribution is -2.46. The Kier molecular flexibility index (Phi) is 8.51. The first kappa shape index (κ1) is 24.8. The second-order valence-electron chi connectivity index (χ2n) is 7.90. The first-order valence-corrected chi connectivity index (χ1v) is 12.3.